The Morgan fingerprint density at radius 2 is 1.68 bits per heavy atom. The maximum absolute atomic E-state index is 5.83. The highest BCUT2D eigenvalue weighted by molar-refractivity contribution is 5.30. The van der Waals surface area contributed by atoms with E-state index < -0.39 is 0 Å². The maximum Gasteiger partial charge on any atom is 0.245 e. The number of aryl methyl sites for hydroxylation is 2. The molecule has 6 heteroatoms. The zero-order chi connectivity index (χ0) is 14.0. The third kappa shape index (κ3) is 3.01. The number of piperazine rings is 1. The molecule has 106 valence electrons. The molecule has 1 fully saturated rings. The van der Waals surface area contributed by atoms with E-state index in [1.807, 2.05) is 13.8 Å². The van der Waals surface area contributed by atoms with Crippen molar-refractivity contribution in [2.45, 2.75) is 33.2 Å². The third-order valence-corrected chi connectivity index (χ3v) is 4.00. The first-order valence-electron chi connectivity index (χ1n) is 6.82. The third-order valence-electron chi connectivity index (χ3n) is 4.00. The topological polar surface area (TPSA) is 71.2 Å². The molecule has 0 spiro atoms. The average Bonchev–Trinajstić information content (AvgIpc) is 2.42. The van der Waals surface area contributed by atoms with E-state index in [1.54, 1.807) is 0 Å². The second kappa shape index (κ2) is 5.38. The molecule has 0 saturated carbocycles. The molecule has 2 rings (SSSR count). The van der Waals surface area contributed by atoms with Crippen LogP contribution < -0.4 is 10.6 Å². The molecule has 1 aromatic rings. The summed E-state index contributed by atoms with van der Waals surface area (Å²) in [5.74, 6) is 0.744. The molecule has 0 bridgehead atoms. The van der Waals surface area contributed by atoms with Gasteiger partial charge in [-0.3, -0.25) is 4.90 Å². The first-order valence-corrected chi connectivity index (χ1v) is 6.82. The van der Waals surface area contributed by atoms with Gasteiger partial charge in [-0.25, -0.2) is 4.98 Å². The number of hydrogen-bond donors (Lipinski definition) is 1. The van der Waals surface area contributed by atoms with Crippen molar-refractivity contribution in [1.82, 2.24) is 20.1 Å². The highest BCUT2D eigenvalue weighted by Crippen LogP contribution is 2.18. The Morgan fingerprint density at radius 3 is 2.21 bits per heavy atom. The molecule has 0 radical (unpaired) electrons. The SMILES string of the molecule is Cc1nnc(N2CCN(C(C)(C)CN)CC2)nc1C. The summed E-state index contributed by atoms with van der Waals surface area (Å²) in [6.07, 6.45) is 0. The molecular weight excluding hydrogens is 240 g/mol. The monoisotopic (exact) mass is 264 g/mol. The molecule has 2 N–H and O–H groups in total. The van der Waals surface area contributed by atoms with Crippen LogP contribution in [0.4, 0.5) is 5.95 Å². The smallest absolute Gasteiger partial charge is 0.245 e. The molecule has 1 saturated heterocycles. The predicted octanol–water partition coefficient (Wildman–Crippen LogP) is 0.348. The Balaban J connectivity index is 2.02. The molecule has 19 heavy (non-hydrogen) atoms. The van der Waals surface area contributed by atoms with E-state index in [-0.39, 0.29) is 5.54 Å². The minimum Gasteiger partial charge on any atom is -0.337 e. The molecule has 1 aromatic heterocycles. The molecule has 1 aliphatic heterocycles. The number of rotatable bonds is 3. The molecule has 6 nitrogen and oxygen atoms in total. The summed E-state index contributed by atoms with van der Waals surface area (Å²) in [5, 5.41) is 8.34. The van der Waals surface area contributed by atoms with Gasteiger partial charge in [0.15, 0.2) is 0 Å². The van der Waals surface area contributed by atoms with Gasteiger partial charge < -0.3 is 10.6 Å². The van der Waals surface area contributed by atoms with Gasteiger partial charge in [-0.2, -0.15) is 5.10 Å². The van der Waals surface area contributed by atoms with Crippen molar-refractivity contribution in [3.8, 4) is 0 Å². The molecule has 0 unspecified atom stereocenters. The van der Waals surface area contributed by atoms with Crippen LogP contribution in [0.1, 0.15) is 25.2 Å². The zero-order valence-electron chi connectivity index (χ0n) is 12.3. The van der Waals surface area contributed by atoms with E-state index in [0.717, 1.165) is 43.5 Å². The van der Waals surface area contributed by atoms with Crippen LogP contribution in [0, 0.1) is 13.8 Å². The Bertz CT molecular complexity index is 437. The van der Waals surface area contributed by atoms with E-state index >= 15 is 0 Å². The largest absolute Gasteiger partial charge is 0.337 e. The first kappa shape index (κ1) is 14.1. The lowest BCUT2D eigenvalue weighted by molar-refractivity contribution is 0.118. The summed E-state index contributed by atoms with van der Waals surface area (Å²) in [6.45, 7) is 12.8. The summed E-state index contributed by atoms with van der Waals surface area (Å²) in [7, 11) is 0. The van der Waals surface area contributed by atoms with Gasteiger partial charge in [0.2, 0.25) is 5.95 Å². The molecule has 0 atom stereocenters. The Morgan fingerprint density at radius 1 is 1.05 bits per heavy atom. The van der Waals surface area contributed by atoms with E-state index in [1.165, 1.54) is 0 Å². The van der Waals surface area contributed by atoms with E-state index in [0.29, 0.717) is 6.54 Å². The zero-order valence-corrected chi connectivity index (χ0v) is 12.3. The van der Waals surface area contributed by atoms with Crippen molar-refractivity contribution in [3.63, 3.8) is 0 Å². The summed E-state index contributed by atoms with van der Waals surface area (Å²) in [4.78, 5) is 9.14. The van der Waals surface area contributed by atoms with Crippen molar-refractivity contribution in [1.29, 1.82) is 0 Å². The minimum atomic E-state index is 0.0639. The van der Waals surface area contributed by atoms with Crippen LogP contribution in [-0.2, 0) is 0 Å². The van der Waals surface area contributed by atoms with Crippen LogP contribution in [0.2, 0.25) is 0 Å². The normalized spacial score (nSPS) is 17.8. The van der Waals surface area contributed by atoms with Crippen LogP contribution in [-0.4, -0.2) is 58.3 Å². The summed E-state index contributed by atoms with van der Waals surface area (Å²) >= 11 is 0. The maximum atomic E-state index is 5.83. The predicted molar refractivity (Wildman–Crippen MR) is 76.2 cm³/mol. The quantitative estimate of drug-likeness (QED) is 0.849. The van der Waals surface area contributed by atoms with Gasteiger partial charge in [-0.1, -0.05) is 0 Å². The number of nitrogens with zero attached hydrogens (tertiary/aromatic N) is 5. The van der Waals surface area contributed by atoms with E-state index in [9.17, 15) is 0 Å². The lowest BCUT2D eigenvalue weighted by atomic mass is 10.0. The molecule has 0 amide bonds. The summed E-state index contributed by atoms with van der Waals surface area (Å²) < 4.78 is 0. The van der Waals surface area contributed by atoms with Gasteiger partial charge in [0.25, 0.3) is 0 Å². The van der Waals surface area contributed by atoms with Crippen LogP contribution in [0.5, 0.6) is 0 Å². The fourth-order valence-electron chi connectivity index (χ4n) is 2.22. The van der Waals surface area contributed by atoms with Crippen molar-refractivity contribution < 1.29 is 0 Å². The van der Waals surface area contributed by atoms with E-state index in [4.69, 9.17) is 5.73 Å². The highest BCUT2D eigenvalue weighted by Gasteiger charge is 2.29. The fraction of sp³-hybridized carbons (Fsp3) is 0.769. The standard InChI is InChI=1S/C13H24N6/c1-10-11(2)16-17-12(15-10)18-5-7-19(8-6-18)13(3,4)9-14/h5-9,14H2,1-4H3. The Kier molecular flexibility index (Phi) is 4.01. The lowest BCUT2D eigenvalue weighted by Gasteiger charge is -2.43. The molecule has 2 heterocycles. The summed E-state index contributed by atoms with van der Waals surface area (Å²) in [5.41, 5.74) is 7.74. The van der Waals surface area contributed by atoms with Crippen molar-refractivity contribution >= 4 is 5.95 Å². The van der Waals surface area contributed by atoms with Gasteiger partial charge in [-0.15, -0.1) is 5.10 Å². The Hall–Kier alpha value is -1.27. The first-order chi connectivity index (χ1) is 8.94. The van der Waals surface area contributed by atoms with E-state index in [2.05, 4.69) is 38.8 Å². The van der Waals surface area contributed by atoms with Gasteiger partial charge in [0, 0.05) is 38.3 Å². The van der Waals surface area contributed by atoms with Crippen LogP contribution in [0.15, 0.2) is 0 Å². The molecular formula is C13H24N6. The van der Waals surface area contributed by atoms with Gasteiger partial charge >= 0.3 is 0 Å². The molecule has 0 aromatic carbocycles. The minimum absolute atomic E-state index is 0.0639. The van der Waals surface area contributed by atoms with Crippen LogP contribution in [0.25, 0.3) is 0 Å². The number of anilines is 1. The van der Waals surface area contributed by atoms with Gasteiger partial charge in [-0.05, 0) is 27.7 Å². The van der Waals surface area contributed by atoms with Gasteiger partial charge in [0.05, 0.1) is 11.4 Å². The van der Waals surface area contributed by atoms with Crippen LogP contribution >= 0.6 is 0 Å². The number of aromatic nitrogens is 3. The fourth-order valence-corrected chi connectivity index (χ4v) is 2.22. The van der Waals surface area contributed by atoms with Crippen molar-refractivity contribution in [3.05, 3.63) is 11.4 Å². The van der Waals surface area contributed by atoms with Crippen molar-refractivity contribution in [2.75, 3.05) is 37.6 Å². The Labute approximate surface area is 115 Å². The van der Waals surface area contributed by atoms with Gasteiger partial charge in [0.1, 0.15) is 0 Å². The number of nitrogens with two attached hydrogens (primary N) is 1. The van der Waals surface area contributed by atoms with Crippen molar-refractivity contribution in [2.24, 2.45) is 5.73 Å². The molecule has 1 aliphatic rings. The summed E-state index contributed by atoms with van der Waals surface area (Å²) in [6, 6.07) is 0. The second-order valence-electron chi connectivity index (χ2n) is 5.77. The molecule has 0 aliphatic carbocycles. The lowest BCUT2D eigenvalue weighted by Crippen LogP contribution is -2.57. The highest BCUT2D eigenvalue weighted by atomic mass is 15.4. The average molecular weight is 264 g/mol. The number of hydrogen-bond acceptors (Lipinski definition) is 6. The second-order valence-corrected chi connectivity index (χ2v) is 5.77. The van der Waals surface area contributed by atoms with Crippen LogP contribution in [0.3, 0.4) is 0 Å².